The monoisotopic (exact) mass is 272 g/mol. The number of hydrogen-bond acceptors (Lipinski definition) is 3. The minimum Gasteiger partial charge on any atom is -0.399 e. The van der Waals surface area contributed by atoms with Crippen LogP contribution in [0.5, 0.6) is 0 Å². The highest BCUT2D eigenvalue weighted by molar-refractivity contribution is 5.63. The second kappa shape index (κ2) is 4.73. The first-order chi connectivity index (χ1) is 9.63. The van der Waals surface area contributed by atoms with Gasteiger partial charge in [-0.2, -0.15) is 5.10 Å². The van der Waals surface area contributed by atoms with Crippen molar-refractivity contribution in [3.05, 3.63) is 54.1 Å². The van der Waals surface area contributed by atoms with Gasteiger partial charge in [0, 0.05) is 17.3 Å². The maximum atomic E-state index is 13.7. The molecule has 1 aromatic heterocycles. The minimum absolute atomic E-state index is 0.167. The average Bonchev–Trinajstić information content (AvgIpc) is 2.89. The molecule has 0 atom stereocenters. The number of aromatic nitrogens is 3. The molecule has 0 saturated carbocycles. The van der Waals surface area contributed by atoms with Gasteiger partial charge in [-0.1, -0.05) is 0 Å². The fraction of sp³-hybridized carbons (Fsp3) is 0. The highest BCUT2D eigenvalue weighted by Gasteiger charge is 2.12. The highest BCUT2D eigenvalue weighted by Crippen LogP contribution is 2.23. The summed E-state index contributed by atoms with van der Waals surface area (Å²) < 4.78 is 26.5. The van der Waals surface area contributed by atoms with Crippen LogP contribution in [0.4, 0.5) is 14.5 Å². The number of H-pyrrole nitrogens is 1. The van der Waals surface area contributed by atoms with Gasteiger partial charge in [-0.15, -0.1) is 0 Å². The predicted molar refractivity (Wildman–Crippen MR) is 71.6 cm³/mol. The predicted octanol–water partition coefficient (Wildman–Crippen LogP) is 3.00. The Morgan fingerprint density at radius 2 is 1.75 bits per heavy atom. The van der Waals surface area contributed by atoms with E-state index < -0.39 is 11.6 Å². The van der Waals surface area contributed by atoms with Gasteiger partial charge < -0.3 is 5.73 Å². The van der Waals surface area contributed by atoms with Crippen molar-refractivity contribution in [3.63, 3.8) is 0 Å². The molecule has 2 aromatic carbocycles. The van der Waals surface area contributed by atoms with E-state index >= 15 is 0 Å². The molecule has 0 aliphatic heterocycles. The summed E-state index contributed by atoms with van der Waals surface area (Å²) in [7, 11) is 0. The van der Waals surface area contributed by atoms with Crippen molar-refractivity contribution in [2.75, 3.05) is 5.73 Å². The molecule has 0 bridgehead atoms. The van der Waals surface area contributed by atoms with Crippen molar-refractivity contribution < 1.29 is 8.78 Å². The van der Waals surface area contributed by atoms with E-state index in [-0.39, 0.29) is 11.4 Å². The molecule has 100 valence electrons. The fourth-order valence-electron chi connectivity index (χ4n) is 1.83. The number of nitrogen functional groups attached to an aromatic ring is 1. The largest absolute Gasteiger partial charge is 0.399 e. The van der Waals surface area contributed by atoms with Crippen molar-refractivity contribution in [1.82, 2.24) is 15.2 Å². The van der Waals surface area contributed by atoms with Crippen LogP contribution in [0.3, 0.4) is 0 Å². The Morgan fingerprint density at radius 3 is 2.45 bits per heavy atom. The van der Waals surface area contributed by atoms with Gasteiger partial charge in [0.25, 0.3) is 0 Å². The van der Waals surface area contributed by atoms with Crippen LogP contribution in [0, 0.1) is 11.6 Å². The maximum absolute atomic E-state index is 13.7. The minimum atomic E-state index is -0.690. The molecule has 0 unspecified atom stereocenters. The zero-order valence-electron chi connectivity index (χ0n) is 10.3. The number of hydrogen-bond donors (Lipinski definition) is 2. The van der Waals surface area contributed by atoms with Gasteiger partial charge >= 0.3 is 0 Å². The van der Waals surface area contributed by atoms with Crippen LogP contribution in [0.25, 0.3) is 22.8 Å². The van der Waals surface area contributed by atoms with Crippen molar-refractivity contribution >= 4 is 5.69 Å². The summed E-state index contributed by atoms with van der Waals surface area (Å²) in [6, 6.07) is 10.3. The molecule has 0 aliphatic rings. The van der Waals surface area contributed by atoms with E-state index in [4.69, 9.17) is 5.73 Å². The van der Waals surface area contributed by atoms with Crippen LogP contribution in [-0.2, 0) is 0 Å². The molecule has 0 spiro atoms. The van der Waals surface area contributed by atoms with Gasteiger partial charge in [0.15, 0.2) is 11.6 Å². The highest BCUT2D eigenvalue weighted by atomic mass is 19.1. The third kappa shape index (κ3) is 2.23. The molecular formula is C14H10F2N4. The Balaban J connectivity index is 1.99. The SMILES string of the molecule is Nc1ccc(-c2n[nH]c(-c3ccc(F)cc3F)n2)cc1. The molecule has 20 heavy (non-hydrogen) atoms. The number of anilines is 1. The number of benzene rings is 2. The third-order valence-electron chi connectivity index (χ3n) is 2.84. The first-order valence-electron chi connectivity index (χ1n) is 5.87. The number of aromatic amines is 1. The van der Waals surface area contributed by atoms with Crippen LogP contribution in [0.15, 0.2) is 42.5 Å². The second-order valence-corrected chi connectivity index (χ2v) is 4.25. The van der Waals surface area contributed by atoms with Crippen LogP contribution in [-0.4, -0.2) is 15.2 Å². The Kier molecular flexibility index (Phi) is 2.90. The summed E-state index contributed by atoms with van der Waals surface area (Å²) in [5, 5.41) is 6.66. The Morgan fingerprint density at radius 1 is 1.00 bits per heavy atom. The molecule has 3 N–H and O–H groups in total. The van der Waals surface area contributed by atoms with Crippen LogP contribution >= 0.6 is 0 Å². The Hall–Kier alpha value is -2.76. The molecule has 0 aliphatic carbocycles. The number of nitrogens with one attached hydrogen (secondary N) is 1. The number of halogens is 2. The van der Waals surface area contributed by atoms with E-state index in [1.807, 2.05) is 0 Å². The maximum Gasteiger partial charge on any atom is 0.181 e. The van der Waals surface area contributed by atoms with E-state index in [9.17, 15) is 8.78 Å². The van der Waals surface area contributed by atoms with Gasteiger partial charge in [0.1, 0.15) is 11.6 Å². The van der Waals surface area contributed by atoms with Gasteiger partial charge in [0.05, 0.1) is 5.56 Å². The van der Waals surface area contributed by atoms with E-state index in [1.165, 1.54) is 12.1 Å². The van der Waals surface area contributed by atoms with E-state index in [0.29, 0.717) is 11.5 Å². The summed E-state index contributed by atoms with van der Waals surface area (Å²) in [6.45, 7) is 0. The standard InChI is InChI=1S/C14H10F2N4/c15-9-3-6-11(12(16)7-9)14-18-13(19-20-14)8-1-4-10(17)5-2-8/h1-7H,17H2,(H,18,19,20). The van der Waals surface area contributed by atoms with Gasteiger partial charge in [-0.3, -0.25) is 5.10 Å². The summed E-state index contributed by atoms with van der Waals surface area (Å²) in [6.07, 6.45) is 0. The molecule has 3 rings (SSSR count). The third-order valence-corrected chi connectivity index (χ3v) is 2.84. The normalized spacial score (nSPS) is 10.7. The van der Waals surface area contributed by atoms with Crippen LogP contribution in [0.2, 0.25) is 0 Å². The van der Waals surface area contributed by atoms with E-state index in [1.54, 1.807) is 24.3 Å². The first kappa shape index (κ1) is 12.3. The smallest absolute Gasteiger partial charge is 0.181 e. The molecule has 0 amide bonds. The van der Waals surface area contributed by atoms with Crippen LogP contribution < -0.4 is 5.73 Å². The summed E-state index contributed by atoms with van der Waals surface area (Å²) in [5.74, 6) is -0.660. The lowest BCUT2D eigenvalue weighted by molar-refractivity contribution is 0.585. The molecule has 1 heterocycles. The molecule has 4 nitrogen and oxygen atoms in total. The van der Waals surface area contributed by atoms with Gasteiger partial charge in [-0.05, 0) is 36.4 Å². The zero-order valence-corrected chi connectivity index (χ0v) is 10.3. The molecule has 0 radical (unpaired) electrons. The van der Waals surface area contributed by atoms with Crippen molar-refractivity contribution in [2.24, 2.45) is 0 Å². The van der Waals surface area contributed by atoms with Gasteiger partial charge in [0.2, 0.25) is 0 Å². The van der Waals surface area contributed by atoms with Crippen molar-refractivity contribution in [3.8, 4) is 22.8 Å². The molecule has 0 fully saturated rings. The lowest BCUT2D eigenvalue weighted by atomic mass is 10.2. The zero-order chi connectivity index (χ0) is 14.1. The topological polar surface area (TPSA) is 67.6 Å². The van der Waals surface area contributed by atoms with E-state index in [0.717, 1.165) is 11.6 Å². The second-order valence-electron chi connectivity index (χ2n) is 4.25. The quantitative estimate of drug-likeness (QED) is 0.705. The number of nitrogens with zero attached hydrogens (tertiary/aromatic N) is 2. The first-order valence-corrected chi connectivity index (χ1v) is 5.87. The number of nitrogens with two attached hydrogens (primary N) is 1. The Labute approximate surface area is 113 Å². The molecule has 3 aromatic rings. The van der Waals surface area contributed by atoms with E-state index in [2.05, 4.69) is 15.2 Å². The van der Waals surface area contributed by atoms with Gasteiger partial charge in [-0.25, -0.2) is 13.8 Å². The lowest BCUT2D eigenvalue weighted by Gasteiger charge is -1.98. The van der Waals surface area contributed by atoms with Crippen molar-refractivity contribution in [1.29, 1.82) is 0 Å². The molecule has 6 heteroatoms. The number of rotatable bonds is 2. The molecule has 0 saturated heterocycles. The lowest BCUT2D eigenvalue weighted by Crippen LogP contribution is -1.88. The van der Waals surface area contributed by atoms with Crippen molar-refractivity contribution in [2.45, 2.75) is 0 Å². The average molecular weight is 272 g/mol. The Bertz CT molecular complexity index is 750. The fourth-order valence-corrected chi connectivity index (χ4v) is 1.83. The summed E-state index contributed by atoms with van der Waals surface area (Å²) in [5.41, 5.74) is 7.16. The molecular weight excluding hydrogens is 262 g/mol. The summed E-state index contributed by atoms with van der Waals surface area (Å²) in [4.78, 5) is 4.20. The van der Waals surface area contributed by atoms with Crippen LogP contribution in [0.1, 0.15) is 0 Å². The summed E-state index contributed by atoms with van der Waals surface area (Å²) >= 11 is 0.